The average molecular weight is 263 g/mol. The first-order valence-corrected chi connectivity index (χ1v) is 5.56. The predicted molar refractivity (Wildman–Crippen MR) is 66.8 cm³/mol. The fourth-order valence-corrected chi connectivity index (χ4v) is 1.44. The molecule has 1 N–H and O–H groups in total. The largest absolute Gasteiger partial charge is 0.496 e. The van der Waals surface area contributed by atoms with Gasteiger partial charge in [0.05, 0.1) is 29.7 Å². The molecule has 0 aliphatic rings. The second kappa shape index (κ2) is 6.35. The number of nitrogens with zero attached hydrogens (tertiary/aromatic N) is 2. The van der Waals surface area contributed by atoms with E-state index in [1.54, 1.807) is 6.92 Å². The van der Waals surface area contributed by atoms with Crippen LogP contribution in [0.25, 0.3) is 0 Å². The summed E-state index contributed by atoms with van der Waals surface area (Å²) in [5.74, 6) is -0.403. The zero-order valence-corrected chi connectivity index (χ0v) is 10.5. The van der Waals surface area contributed by atoms with Crippen LogP contribution in [0.4, 0.5) is 5.69 Å². The number of benzene rings is 1. The fraction of sp³-hybridized carbons (Fsp3) is 0.333. The van der Waals surface area contributed by atoms with Gasteiger partial charge in [0.2, 0.25) is 0 Å². The Kier molecular flexibility index (Phi) is 4.83. The smallest absolute Gasteiger partial charge is 0.273 e. The molecule has 7 heteroatoms. The molecule has 100 valence electrons. The van der Waals surface area contributed by atoms with Gasteiger partial charge in [0.1, 0.15) is 11.8 Å². The highest BCUT2D eigenvalue weighted by atomic mass is 16.6. The summed E-state index contributed by atoms with van der Waals surface area (Å²) in [6, 6.07) is 5.02. The molecule has 19 heavy (non-hydrogen) atoms. The predicted octanol–water partition coefficient (Wildman–Crippen LogP) is 1.64. The van der Waals surface area contributed by atoms with Crippen LogP contribution >= 0.6 is 0 Å². The van der Waals surface area contributed by atoms with Gasteiger partial charge in [-0.25, -0.2) is 0 Å². The maximum Gasteiger partial charge on any atom is 0.273 e. The van der Waals surface area contributed by atoms with E-state index in [1.165, 1.54) is 25.3 Å². The van der Waals surface area contributed by atoms with Crippen molar-refractivity contribution in [2.75, 3.05) is 7.11 Å². The summed E-state index contributed by atoms with van der Waals surface area (Å²) in [7, 11) is 1.32. The summed E-state index contributed by atoms with van der Waals surface area (Å²) < 4.78 is 4.96. The third-order valence-electron chi connectivity index (χ3n) is 2.51. The lowest BCUT2D eigenvalue weighted by molar-refractivity contribution is -0.384. The van der Waals surface area contributed by atoms with Gasteiger partial charge in [0.15, 0.2) is 0 Å². The van der Waals surface area contributed by atoms with Crippen LogP contribution in [-0.4, -0.2) is 24.0 Å². The quantitative estimate of drug-likeness (QED) is 0.642. The number of nitrogens with one attached hydrogen (secondary N) is 1. The summed E-state index contributed by atoms with van der Waals surface area (Å²) in [5.41, 5.74) is -0.0116. The Hall–Kier alpha value is -2.62. The summed E-state index contributed by atoms with van der Waals surface area (Å²) in [5, 5.41) is 21.9. The number of nitro benzene ring substituents is 1. The van der Waals surface area contributed by atoms with Gasteiger partial charge >= 0.3 is 0 Å². The van der Waals surface area contributed by atoms with Crippen molar-refractivity contribution in [2.45, 2.75) is 19.4 Å². The molecule has 0 spiro atoms. The molecule has 1 unspecified atom stereocenters. The van der Waals surface area contributed by atoms with Crippen molar-refractivity contribution in [1.29, 1.82) is 5.26 Å². The zero-order valence-electron chi connectivity index (χ0n) is 10.5. The number of amides is 1. The number of nitro groups is 1. The lowest BCUT2D eigenvalue weighted by atomic mass is 10.1. The van der Waals surface area contributed by atoms with Gasteiger partial charge in [-0.15, -0.1) is 0 Å². The molecule has 1 amide bonds. The minimum Gasteiger partial charge on any atom is -0.496 e. The van der Waals surface area contributed by atoms with Crippen LogP contribution in [0, 0.1) is 21.4 Å². The molecule has 0 saturated heterocycles. The van der Waals surface area contributed by atoms with Crippen LogP contribution in [0.2, 0.25) is 0 Å². The first kappa shape index (κ1) is 14.4. The molecule has 0 fully saturated rings. The normalized spacial score (nSPS) is 11.2. The van der Waals surface area contributed by atoms with Crippen LogP contribution in [0.3, 0.4) is 0 Å². The Bertz CT molecular complexity index is 536. The standard InChI is InChI=1S/C12H13N3O4/c1-3-8(7-13)14-12(16)10-5-4-9(15(17)18)6-11(10)19-2/h4-6,8H,3H2,1-2H3,(H,14,16). The first-order valence-electron chi connectivity index (χ1n) is 5.56. The Balaban J connectivity index is 3.04. The molecular weight excluding hydrogens is 250 g/mol. The number of methoxy groups -OCH3 is 1. The van der Waals surface area contributed by atoms with E-state index >= 15 is 0 Å². The van der Waals surface area contributed by atoms with Crippen LogP contribution in [0.15, 0.2) is 18.2 Å². The lowest BCUT2D eigenvalue weighted by Gasteiger charge is -2.11. The number of non-ortho nitro benzene ring substituents is 1. The average Bonchev–Trinajstić information content (AvgIpc) is 2.43. The van der Waals surface area contributed by atoms with Gasteiger partial charge in [-0.3, -0.25) is 14.9 Å². The first-order chi connectivity index (χ1) is 9.03. The van der Waals surface area contributed by atoms with E-state index in [2.05, 4.69) is 5.32 Å². The number of hydrogen-bond donors (Lipinski definition) is 1. The molecule has 0 heterocycles. The van der Waals surface area contributed by atoms with E-state index in [0.717, 1.165) is 0 Å². The Labute approximate surface area is 109 Å². The molecule has 0 aromatic heterocycles. The van der Waals surface area contributed by atoms with Gasteiger partial charge in [0.25, 0.3) is 11.6 Å². The molecule has 0 saturated carbocycles. The highest BCUT2D eigenvalue weighted by molar-refractivity contribution is 5.97. The highest BCUT2D eigenvalue weighted by Gasteiger charge is 2.18. The molecule has 1 atom stereocenters. The van der Waals surface area contributed by atoms with Crippen molar-refractivity contribution in [3.05, 3.63) is 33.9 Å². The van der Waals surface area contributed by atoms with Crippen molar-refractivity contribution >= 4 is 11.6 Å². The minimum absolute atomic E-state index is 0.0968. The van der Waals surface area contributed by atoms with Crippen molar-refractivity contribution < 1.29 is 14.5 Å². The second-order valence-electron chi connectivity index (χ2n) is 3.71. The third-order valence-corrected chi connectivity index (χ3v) is 2.51. The van der Waals surface area contributed by atoms with Crippen LogP contribution < -0.4 is 10.1 Å². The Morgan fingerprint density at radius 1 is 1.63 bits per heavy atom. The van der Waals surface area contributed by atoms with E-state index in [1.807, 2.05) is 6.07 Å². The summed E-state index contributed by atoms with van der Waals surface area (Å²) in [4.78, 5) is 22.0. The monoisotopic (exact) mass is 263 g/mol. The molecule has 1 aromatic rings. The van der Waals surface area contributed by atoms with Gasteiger partial charge in [0, 0.05) is 6.07 Å². The molecule has 0 radical (unpaired) electrons. The van der Waals surface area contributed by atoms with E-state index in [9.17, 15) is 14.9 Å². The van der Waals surface area contributed by atoms with Crippen LogP contribution in [0.5, 0.6) is 5.75 Å². The molecule has 7 nitrogen and oxygen atoms in total. The highest BCUT2D eigenvalue weighted by Crippen LogP contribution is 2.24. The Morgan fingerprint density at radius 2 is 2.32 bits per heavy atom. The number of nitriles is 1. The molecule has 0 aliphatic carbocycles. The summed E-state index contributed by atoms with van der Waals surface area (Å²) >= 11 is 0. The second-order valence-corrected chi connectivity index (χ2v) is 3.71. The number of carbonyl (C=O) groups excluding carboxylic acids is 1. The summed E-state index contributed by atoms with van der Waals surface area (Å²) in [6.07, 6.45) is 0.470. The topological polar surface area (TPSA) is 105 Å². The fourth-order valence-electron chi connectivity index (χ4n) is 1.44. The van der Waals surface area contributed by atoms with E-state index in [4.69, 9.17) is 10.00 Å². The third kappa shape index (κ3) is 3.42. The number of ether oxygens (including phenoxy) is 1. The molecule has 1 aromatic carbocycles. The lowest BCUT2D eigenvalue weighted by Crippen LogP contribution is -2.33. The van der Waals surface area contributed by atoms with Gasteiger partial charge < -0.3 is 10.1 Å². The SMILES string of the molecule is CCC(C#N)NC(=O)c1ccc([N+](=O)[O-])cc1OC. The Morgan fingerprint density at radius 3 is 2.79 bits per heavy atom. The molecular formula is C12H13N3O4. The molecule has 1 rings (SSSR count). The molecule has 0 bridgehead atoms. The van der Waals surface area contributed by atoms with Gasteiger partial charge in [-0.05, 0) is 12.5 Å². The number of carbonyl (C=O) groups is 1. The van der Waals surface area contributed by atoms with Crippen molar-refractivity contribution in [1.82, 2.24) is 5.32 Å². The minimum atomic E-state index is -0.604. The van der Waals surface area contributed by atoms with Crippen molar-refractivity contribution in [3.63, 3.8) is 0 Å². The van der Waals surface area contributed by atoms with E-state index in [0.29, 0.717) is 6.42 Å². The molecule has 0 aliphatic heterocycles. The number of rotatable bonds is 5. The van der Waals surface area contributed by atoms with Crippen molar-refractivity contribution in [3.8, 4) is 11.8 Å². The van der Waals surface area contributed by atoms with Crippen molar-refractivity contribution in [2.24, 2.45) is 0 Å². The van der Waals surface area contributed by atoms with E-state index in [-0.39, 0.29) is 17.0 Å². The zero-order chi connectivity index (χ0) is 14.4. The number of hydrogen-bond acceptors (Lipinski definition) is 5. The maximum absolute atomic E-state index is 11.9. The van der Waals surface area contributed by atoms with Crippen LogP contribution in [-0.2, 0) is 0 Å². The van der Waals surface area contributed by atoms with Gasteiger partial charge in [-0.1, -0.05) is 6.92 Å². The maximum atomic E-state index is 11.9. The summed E-state index contributed by atoms with van der Waals surface area (Å²) in [6.45, 7) is 1.77. The van der Waals surface area contributed by atoms with E-state index < -0.39 is 16.9 Å². The van der Waals surface area contributed by atoms with Crippen LogP contribution in [0.1, 0.15) is 23.7 Å². The van der Waals surface area contributed by atoms with Gasteiger partial charge in [-0.2, -0.15) is 5.26 Å².